The van der Waals surface area contributed by atoms with E-state index in [1.54, 1.807) is 59.7 Å². The topological polar surface area (TPSA) is 218 Å². The highest BCUT2D eigenvalue weighted by molar-refractivity contribution is 6.07. The van der Waals surface area contributed by atoms with Gasteiger partial charge in [0.2, 0.25) is 11.6 Å². The summed E-state index contributed by atoms with van der Waals surface area (Å²) in [7, 11) is 1.25. The molecule has 5 rings (SSSR count). The summed E-state index contributed by atoms with van der Waals surface area (Å²) in [6.07, 6.45) is 1.17. The van der Waals surface area contributed by atoms with Crippen molar-refractivity contribution in [2.24, 2.45) is 5.73 Å². The molecular formula is C41H44N8O7. The number of nitrogens with zero attached hydrogens (tertiary/aromatic N) is 3. The third-order valence-corrected chi connectivity index (χ3v) is 8.84. The monoisotopic (exact) mass is 760 g/mol. The number of nitrogens with two attached hydrogens (primary N) is 1. The molecule has 15 nitrogen and oxygen atoms in total. The van der Waals surface area contributed by atoms with E-state index in [2.05, 4.69) is 31.3 Å². The van der Waals surface area contributed by atoms with E-state index >= 15 is 0 Å². The maximum absolute atomic E-state index is 13.9. The number of hydrogen-bond acceptors (Lipinski definition) is 11. The van der Waals surface area contributed by atoms with Gasteiger partial charge in [-0.2, -0.15) is 0 Å². The minimum absolute atomic E-state index is 0.0842. The van der Waals surface area contributed by atoms with Gasteiger partial charge in [0.15, 0.2) is 0 Å². The molecule has 0 saturated carbocycles. The van der Waals surface area contributed by atoms with Crippen molar-refractivity contribution in [3.63, 3.8) is 0 Å². The van der Waals surface area contributed by atoms with Gasteiger partial charge in [-0.1, -0.05) is 66.7 Å². The SMILES string of the molecule is COC(=O)c1cccc(C(=O)NN(CC[C@H](Cc2ccccc2)NC(=O)[C@](O)(CC(N)=O)NC(=O)c2ccc3ccccc3n2)C(C)C)c1Nc1ccccn1. The highest BCUT2D eigenvalue weighted by Gasteiger charge is 2.41. The number of para-hydroxylation sites is 2. The minimum atomic E-state index is -2.72. The van der Waals surface area contributed by atoms with Crippen LogP contribution in [-0.2, 0) is 20.7 Å². The van der Waals surface area contributed by atoms with Crippen molar-refractivity contribution in [1.82, 2.24) is 31.0 Å². The molecule has 0 unspecified atom stereocenters. The molecule has 4 amide bonds. The third kappa shape index (κ3) is 10.5. The number of methoxy groups -OCH3 is 1. The molecule has 0 aliphatic rings. The van der Waals surface area contributed by atoms with Gasteiger partial charge in [0.1, 0.15) is 11.5 Å². The quantitative estimate of drug-likeness (QED) is 0.0457. The van der Waals surface area contributed by atoms with Crippen LogP contribution in [0.4, 0.5) is 11.5 Å². The van der Waals surface area contributed by atoms with E-state index in [-0.39, 0.29) is 41.5 Å². The zero-order valence-corrected chi connectivity index (χ0v) is 31.2. The van der Waals surface area contributed by atoms with Crippen LogP contribution in [-0.4, -0.2) is 81.1 Å². The first-order chi connectivity index (χ1) is 26.9. The average molecular weight is 761 g/mol. The van der Waals surface area contributed by atoms with Crippen LogP contribution in [0.2, 0.25) is 0 Å². The van der Waals surface area contributed by atoms with E-state index in [1.807, 2.05) is 56.3 Å². The smallest absolute Gasteiger partial charge is 0.340 e. The molecule has 0 fully saturated rings. The largest absolute Gasteiger partial charge is 0.465 e. The van der Waals surface area contributed by atoms with Crippen LogP contribution in [0.3, 0.4) is 0 Å². The highest BCUT2D eigenvalue weighted by atomic mass is 16.5. The first-order valence-electron chi connectivity index (χ1n) is 17.9. The van der Waals surface area contributed by atoms with Crippen LogP contribution in [0.1, 0.15) is 63.5 Å². The number of hydrogen-bond donors (Lipinski definition) is 6. The van der Waals surface area contributed by atoms with Gasteiger partial charge in [-0.3, -0.25) is 24.6 Å². The summed E-state index contributed by atoms with van der Waals surface area (Å²) in [4.78, 5) is 74.6. The Balaban J connectivity index is 1.36. The van der Waals surface area contributed by atoms with Gasteiger partial charge in [-0.25, -0.2) is 19.8 Å². The van der Waals surface area contributed by atoms with Crippen LogP contribution >= 0.6 is 0 Å². The summed E-state index contributed by atoms with van der Waals surface area (Å²) < 4.78 is 4.97. The fourth-order valence-corrected chi connectivity index (χ4v) is 5.96. The molecule has 2 atom stereocenters. The van der Waals surface area contributed by atoms with E-state index in [1.165, 1.54) is 19.2 Å². The van der Waals surface area contributed by atoms with Gasteiger partial charge in [-0.15, -0.1) is 0 Å². The van der Waals surface area contributed by atoms with Gasteiger partial charge in [0.05, 0.1) is 35.9 Å². The highest BCUT2D eigenvalue weighted by Crippen LogP contribution is 2.26. The Hall–Kier alpha value is -6.71. The van der Waals surface area contributed by atoms with Crippen LogP contribution in [0, 0.1) is 0 Å². The Kier molecular flexibility index (Phi) is 13.4. The Bertz CT molecular complexity index is 2190. The molecule has 2 aromatic heterocycles. The molecule has 5 aromatic rings. The number of nitrogens with one attached hydrogen (secondary N) is 4. The van der Waals surface area contributed by atoms with Crippen molar-refractivity contribution in [3.05, 3.63) is 132 Å². The molecule has 0 aliphatic carbocycles. The van der Waals surface area contributed by atoms with E-state index < -0.39 is 47.8 Å². The van der Waals surface area contributed by atoms with Gasteiger partial charge >= 0.3 is 5.97 Å². The van der Waals surface area contributed by atoms with Gasteiger partial charge in [0.25, 0.3) is 17.7 Å². The lowest BCUT2D eigenvalue weighted by molar-refractivity contribution is -0.147. The molecule has 0 spiro atoms. The molecule has 290 valence electrons. The lowest BCUT2D eigenvalue weighted by atomic mass is 10.0. The molecule has 56 heavy (non-hydrogen) atoms. The number of aliphatic hydroxyl groups is 1. The maximum atomic E-state index is 13.9. The summed E-state index contributed by atoms with van der Waals surface area (Å²) in [6, 6.07) is 28.4. The molecule has 15 heteroatoms. The van der Waals surface area contributed by atoms with Crippen molar-refractivity contribution in [3.8, 4) is 0 Å². The van der Waals surface area contributed by atoms with E-state index in [0.717, 1.165) is 10.9 Å². The number of benzene rings is 3. The first kappa shape index (κ1) is 40.5. The molecule has 0 radical (unpaired) electrons. The van der Waals surface area contributed by atoms with Crippen LogP contribution in [0.15, 0.2) is 109 Å². The Morgan fingerprint density at radius 2 is 1.57 bits per heavy atom. The number of ether oxygens (including phenoxy) is 1. The summed E-state index contributed by atoms with van der Waals surface area (Å²) in [5, 5.41) is 22.1. The Labute approximate surface area is 323 Å². The Morgan fingerprint density at radius 3 is 2.27 bits per heavy atom. The molecule has 3 aromatic carbocycles. The number of fused-ring (bicyclic) bond motifs is 1. The normalized spacial score (nSPS) is 12.7. The number of anilines is 2. The second-order valence-electron chi connectivity index (χ2n) is 13.3. The van der Waals surface area contributed by atoms with Crippen LogP contribution in [0.25, 0.3) is 10.9 Å². The minimum Gasteiger partial charge on any atom is -0.465 e. The zero-order valence-electron chi connectivity index (χ0n) is 31.2. The lowest BCUT2D eigenvalue weighted by Gasteiger charge is -2.32. The fourth-order valence-electron chi connectivity index (χ4n) is 5.96. The van der Waals surface area contributed by atoms with Crippen LogP contribution < -0.4 is 27.1 Å². The summed E-state index contributed by atoms with van der Waals surface area (Å²) in [5.41, 5.74) is 7.40. The number of hydrazine groups is 1. The summed E-state index contributed by atoms with van der Waals surface area (Å²) in [5.74, 6) is -3.77. The van der Waals surface area contributed by atoms with Gasteiger partial charge in [-0.05, 0) is 68.7 Å². The fraction of sp³-hybridized carbons (Fsp3) is 0.244. The number of rotatable bonds is 17. The van der Waals surface area contributed by atoms with E-state index in [9.17, 15) is 29.1 Å². The molecular weight excluding hydrogens is 716 g/mol. The van der Waals surface area contributed by atoms with Crippen molar-refractivity contribution in [2.45, 2.75) is 50.9 Å². The lowest BCUT2D eigenvalue weighted by Crippen LogP contribution is -2.62. The summed E-state index contributed by atoms with van der Waals surface area (Å²) in [6.45, 7) is 3.93. The van der Waals surface area contributed by atoms with Crippen molar-refractivity contribution in [2.75, 3.05) is 19.0 Å². The van der Waals surface area contributed by atoms with Crippen LogP contribution in [0.5, 0.6) is 0 Å². The molecule has 7 N–H and O–H groups in total. The maximum Gasteiger partial charge on any atom is 0.340 e. The van der Waals surface area contributed by atoms with Crippen molar-refractivity contribution in [1.29, 1.82) is 0 Å². The molecule has 0 saturated heterocycles. The molecule has 0 aliphatic heterocycles. The second kappa shape index (κ2) is 18.6. The number of esters is 1. The predicted molar refractivity (Wildman–Crippen MR) is 209 cm³/mol. The van der Waals surface area contributed by atoms with E-state index in [0.29, 0.717) is 17.8 Å². The van der Waals surface area contributed by atoms with Gasteiger partial charge in [0, 0.05) is 30.2 Å². The number of aromatic nitrogens is 2. The van der Waals surface area contributed by atoms with E-state index in [4.69, 9.17) is 10.5 Å². The number of amides is 4. The number of pyridine rings is 2. The number of carbonyl (C=O) groups is 5. The van der Waals surface area contributed by atoms with Gasteiger partial charge < -0.3 is 31.5 Å². The molecule has 2 heterocycles. The first-order valence-corrected chi connectivity index (χ1v) is 17.9. The summed E-state index contributed by atoms with van der Waals surface area (Å²) >= 11 is 0. The number of carbonyl (C=O) groups excluding carboxylic acids is 5. The van der Waals surface area contributed by atoms with Crippen molar-refractivity contribution >= 4 is 52.0 Å². The third-order valence-electron chi connectivity index (χ3n) is 8.84. The average Bonchev–Trinajstić information content (AvgIpc) is 3.19. The second-order valence-corrected chi connectivity index (χ2v) is 13.3. The van der Waals surface area contributed by atoms with Crippen molar-refractivity contribution < 1.29 is 33.8 Å². The standard InChI is InChI=1S/C41H44N8O7/c1-26(2)49(48-37(51)30-15-11-16-31(39(53)56-3)36(30)46-35-18-9-10-22-43-35)23-21-29(24-27-12-5-4-6-13-27)44-40(54)41(55,25-34(42)50)47-38(52)33-20-19-28-14-7-8-17-32(28)45-33/h4-20,22,26,29,55H,21,23-25H2,1-3H3,(H2,42,50)(H,43,46)(H,44,54)(H,47,52)(H,48,51)/t29-,41-/m1/s1. The number of primary amides is 1. The molecule has 0 bridgehead atoms. The Morgan fingerprint density at radius 1 is 0.857 bits per heavy atom. The predicted octanol–water partition coefficient (Wildman–Crippen LogP) is 3.63. The zero-order chi connectivity index (χ0) is 40.2.